The van der Waals surface area contributed by atoms with Gasteiger partial charge in [-0.25, -0.2) is 22.4 Å². The van der Waals surface area contributed by atoms with E-state index in [-0.39, 0.29) is 4.90 Å². The van der Waals surface area contributed by atoms with E-state index >= 15 is 0 Å². The van der Waals surface area contributed by atoms with Crippen LogP contribution in [-0.4, -0.2) is 47.0 Å². The maximum atomic E-state index is 13.3. The van der Waals surface area contributed by atoms with E-state index in [1.807, 2.05) is 25.1 Å². The quantitative estimate of drug-likeness (QED) is 0.442. The molecule has 0 spiro atoms. The lowest BCUT2D eigenvalue weighted by atomic mass is 9.86. The van der Waals surface area contributed by atoms with Crippen molar-refractivity contribution >= 4 is 38.6 Å². The zero-order valence-corrected chi connectivity index (χ0v) is 21.0. The highest BCUT2D eigenvalue weighted by Gasteiger charge is 2.28. The van der Waals surface area contributed by atoms with E-state index in [1.54, 1.807) is 18.3 Å². The molecule has 0 saturated heterocycles. The maximum absolute atomic E-state index is 13.3. The average Bonchev–Trinajstić information content (AvgIpc) is 3.54. The molecule has 2 aromatic heterocycles. The maximum Gasteiger partial charge on any atom is 0.269 e. The molecule has 33 heavy (non-hydrogen) atoms. The van der Waals surface area contributed by atoms with E-state index < -0.39 is 10.0 Å². The summed E-state index contributed by atoms with van der Waals surface area (Å²) >= 11 is 2.15. The van der Waals surface area contributed by atoms with Crippen molar-refractivity contribution in [1.82, 2.24) is 13.9 Å². The Morgan fingerprint density at radius 3 is 2.24 bits per heavy atom. The van der Waals surface area contributed by atoms with Crippen molar-refractivity contribution in [2.24, 2.45) is 11.8 Å². The molecular formula is C25H32N4O2S2. The Morgan fingerprint density at radius 2 is 1.61 bits per heavy atom. The molecular weight excluding hydrogens is 452 g/mol. The third-order valence-electron chi connectivity index (χ3n) is 7.11. The second kappa shape index (κ2) is 9.29. The van der Waals surface area contributed by atoms with Gasteiger partial charge in [0.25, 0.3) is 10.0 Å². The highest BCUT2D eigenvalue weighted by atomic mass is 32.2. The smallest absolute Gasteiger partial charge is 0.269 e. The van der Waals surface area contributed by atoms with Crippen molar-refractivity contribution in [2.45, 2.75) is 56.4 Å². The fourth-order valence-corrected chi connectivity index (χ4v) is 7.54. The van der Waals surface area contributed by atoms with Crippen molar-refractivity contribution in [3.05, 3.63) is 48.4 Å². The summed E-state index contributed by atoms with van der Waals surface area (Å²) in [6.07, 6.45) is 10.8. The van der Waals surface area contributed by atoms with Gasteiger partial charge in [0.15, 0.2) is 5.65 Å². The van der Waals surface area contributed by atoms with E-state index in [2.05, 4.69) is 33.7 Å². The molecule has 0 aliphatic heterocycles. The molecule has 2 aliphatic carbocycles. The molecule has 0 N–H and O–H groups in total. The van der Waals surface area contributed by atoms with E-state index in [0.717, 1.165) is 41.4 Å². The van der Waals surface area contributed by atoms with E-state index in [9.17, 15) is 8.42 Å². The number of hydrogen-bond acceptors (Lipinski definition) is 6. The van der Waals surface area contributed by atoms with Crippen LogP contribution in [0.15, 0.2) is 47.8 Å². The van der Waals surface area contributed by atoms with Crippen LogP contribution in [0.2, 0.25) is 0 Å². The number of hydrogen-bond donors (Lipinski definition) is 0. The highest BCUT2D eigenvalue weighted by molar-refractivity contribution is 7.99. The van der Waals surface area contributed by atoms with Crippen molar-refractivity contribution < 1.29 is 8.42 Å². The van der Waals surface area contributed by atoms with Gasteiger partial charge in [-0.2, -0.15) is 11.8 Å². The molecule has 0 atom stereocenters. The van der Waals surface area contributed by atoms with Gasteiger partial charge in [0, 0.05) is 19.3 Å². The Labute approximate surface area is 200 Å². The first-order valence-corrected chi connectivity index (χ1v) is 14.5. The molecule has 1 aromatic carbocycles. The molecule has 0 radical (unpaired) electrons. The van der Waals surface area contributed by atoms with Crippen molar-refractivity contribution in [3.8, 4) is 0 Å². The molecule has 176 valence electrons. The topological polar surface area (TPSA) is 68.1 Å². The Bertz CT molecular complexity index is 1210. The minimum absolute atomic E-state index is 0.261. The Hall–Kier alpha value is -2.06. The fraction of sp³-hybridized carbons (Fsp3) is 0.520. The van der Waals surface area contributed by atoms with Gasteiger partial charge >= 0.3 is 0 Å². The van der Waals surface area contributed by atoms with E-state index in [0.29, 0.717) is 11.7 Å². The van der Waals surface area contributed by atoms with E-state index in [4.69, 9.17) is 0 Å². The first-order valence-electron chi connectivity index (χ1n) is 11.9. The predicted molar refractivity (Wildman–Crippen MR) is 135 cm³/mol. The van der Waals surface area contributed by atoms with Crippen LogP contribution in [0.3, 0.4) is 0 Å². The zero-order valence-electron chi connectivity index (χ0n) is 19.4. The van der Waals surface area contributed by atoms with Crippen LogP contribution in [-0.2, 0) is 10.0 Å². The summed E-state index contributed by atoms with van der Waals surface area (Å²) in [5.41, 5.74) is 1.45. The van der Waals surface area contributed by atoms with Gasteiger partial charge in [-0.3, -0.25) is 0 Å². The lowest BCUT2D eigenvalue weighted by Gasteiger charge is -2.35. The Kier molecular flexibility index (Phi) is 6.40. The van der Waals surface area contributed by atoms with E-state index in [1.165, 1.54) is 47.5 Å². The number of anilines is 1. The molecule has 2 heterocycles. The van der Waals surface area contributed by atoms with Crippen LogP contribution in [0.5, 0.6) is 0 Å². The molecule has 2 saturated carbocycles. The lowest BCUT2D eigenvalue weighted by Crippen LogP contribution is -2.36. The Balaban J connectivity index is 1.32. The second-order valence-electron chi connectivity index (χ2n) is 9.63. The van der Waals surface area contributed by atoms with Gasteiger partial charge in [-0.05, 0) is 87.0 Å². The first-order chi connectivity index (χ1) is 15.9. The number of nitrogens with zero attached hydrogens (tertiary/aromatic N) is 4. The van der Waals surface area contributed by atoms with Crippen molar-refractivity contribution in [1.29, 1.82) is 0 Å². The minimum Gasteiger partial charge on any atom is -0.356 e. The summed E-state index contributed by atoms with van der Waals surface area (Å²) in [6, 6.07) is 9.16. The first kappa shape index (κ1) is 22.7. The number of benzene rings is 1. The van der Waals surface area contributed by atoms with Gasteiger partial charge in [0.2, 0.25) is 0 Å². The fourth-order valence-electron chi connectivity index (χ4n) is 4.77. The highest BCUT2D eigenvalue weighted by Crippen LogP contribution is 2.36. The summed E-state index contributed by atoms with van der Waals surface area (Å²) < 4.78 is 27.8. The van der Waals surface area contributed by atoms with Crippen LogP contribution in [0.4, 0.5) is 5.82 Å². The third-order valence-corrected chi connectivity index (χ3v) is 10.2. The number of aryl methyl sites for hydroxylation is 1. The zero-order chi connectivity index (χ0) is 23.0. The molecule has 2 aliphatic rings. The molecule has 8 heteroatoms. The Morgan fingerprint density at radius 1 is 0.970 bits per heavy atom. The average molecular weight is 485 g/mol. The van der Waals surface area contributed by atoms with Gasteiger partial charge in [0.1, 0.15) is 12.1 Å². The summed E-state index contributed by atoms with van der Waals surface area (Å²) in [4.78, 5) is 11.4. The second-order valence-corrected chi connectivity index (χ2v) is 12.5. The monoisotopic (exact) mass is 484 g/mol. The number of rotatable bonds is 8. The SMILES string of the molecule is Cc1ccc(S(=O)(=O)n2ccc3c(N(C)C4CCC(CSCC5CC5)CC4)ncnc32)cc1. The molecule has 0 unspecified atom stereocenters. The largest absolute Gasteiger partial charge is 0.356 e. The van der Waals surface area contributed by atoms with Gasteiger partial charge in [-0.1, -0.05) is 17.7 Å². The van der Waals surface area contributed by atoms with Crippen molar-refractivity contribution in [2.75, 3.05) is 23.5 Å². The van der Waals surface area contributed by atoms with Crippen LogP contribution in [0.25, 0.3) is 11.0 Å². The van der Waals surface area contributed by atoms with Crippen LogP contribution in [0, 0.1) is 18.8 Å². The standard InChI is InChI=1S/C25H32N4O2S2/c1-18-3-11-22(12-4-18)33(30,31)29-14-13-23-24(26-17-27-25(23)29)28(2)21-9-7-20(8-10-21)16-32-15-19-5-6-19/h3-4,11-14,17,19-21H,5-10,15-16H2,1-2H3. The lowest BCUT2D eigenvalue weighted by molar-refractivity contribution is 0.344. The molecule has 0 amide bonds. The summed E-state index contributed by atoms with van der Waals surface area (Å²) in [5, 5.41) is 0.776. The molecule has 3 aromatic rings. The van der Waals surface area contributed by atoms with Gasteiger partial charge in [-0.15, -0.1) is 0 Å². The van der Waals surface area contributed by atoms with Crippen LogP contribution in [0.1, 0.15) is 44.1 Å². The van der Waals surface area contributed by atoms with Crippen molar-refractivity contribution in [3.63, 3.8) is 0 Å². The van der Waals surface area contributed by atoms with Gasteiger partial charge in [0.05, 0.1) is 10.3 Å². The molecule has 2 fully saturated rings. The summed E-state index contributed by atoms with van der Waals surface area (Å²) in [6.45, 7) is 1.94. The summed E-state index contributed by atoms with van der Waals surface area (Å²) in [5.74, 6) is 5.28. The normalized spacial score (nSPS) is 21.4. The third kappa shape index (κ3) is 4.78. The molecule has 5 rings (SSSR count). The molecule has 0 bridgehead atoms. The predicted octanol–water partition coefficient (Wildman–Crippen LogP) is 5.11. The number of fused-ring (bicyclic) bond motifs is 1. The summed E-state index contributed by atoms with van der Waals surface area (Å²) in [7, 11) is -1.63. The van der Waals surface area contributed by atoms with Crippen LogP contribution < -0.4 is 4.90 Å². The number of aromatic nitrogens is 3. The van der Waals surface area contributed by atoms with Crippen LogP contribution >= 0.6 is 11.8 Å². The number of thioether (sulfide) groups is 1. The minimum atomic E-state index is -3.72. The molecule has 6 nitrogen and oxygen atoms in total. The van der Waals surface area contributed by atoms with Gasteiger partial charge < -0.3 is 4.90 Å².